The molecule has 0 aromatic carbocycles. The molecule has 22 heavy (non-hydrogen) atoms. The lowest BCUT2D eigenvalue weighted by atomic mass is 10.2. The number of nitrogens with zero attached hydrogens (tertiary/aromatic N) is 1. The Balaban J connectivity index is 2.58. The van der Waals surface area contributed by atoms with E-state index in [0.717, 1.165) is 0 Å². The maximum Gasteiger partial charge on any atom is 0.422 e. The highest BCUT2D eigenvalue weighted by Gasteiger charge is 2.32. The fraction of sp³-hybridized carbons (Fsp3) is 0.923. The minimum absolute atomic E-state index is 0.192. The Bertz CT molecular complexity index is 473. The van der Waals surface area contributed by atoms with E-state index in [0.29, 0.717) is 13.2 Å². The molecular formula is C13H27N3O5S. The van der Waals surface area contributed by atoms with E-state index >= 15 is 0 Å². The Morgan fingerprint density at radius 3 is 2.59 bits per heavy atom. The van der Waals surface area contributed by atoms with Crippen LogP contribution in [-0.2, 0) is 19.7 Å². The Hall–Kier alpha value is -0.900. The van der Waals surface area contributed by atoms with Crippen LogP contribution < -0.4 is 10.0 Å². The lowest BCUT2D eigenvalue weighted by Gasteiger charge is -2.32. The van der Waals surface area contributed by atoms with Crippen LogP contribution in [0, 0.1) is 0 Å². The van der Waals surface area contributed by atoms with E-state index in [1.165, 1.54) is 4.31 Å². The first-order chi connectivity index (χ1) is 9.99. The summed E-state index contributed by atoms with van der Waals surface area (Å²) in [4.78, 5) is 11.6. The Morgan fingerprint density at radius 2 is 2.05 bits per heavy atom. The summed E-state index contributed by atoms with van der Waals surface area (Å²) in [5.74, 6) is 0. The molecule has 0 aromatic rings. The Labute approximate surface area is 132 Å². The van der Waals surface area contributed by atoms with Gasteiger partial charge < -0.3 is 14.8 Å². The molecule has 0 radical (unpaired) electrons. The number of carbonyl (C=O) groups is 1. The quantitative estimate of drug-likeness (QED) is 0.756. The zero-order valence-electron chi connectivity index (χ0n) is 13.9. The Morgan fingerprint density at radius 1 is 1.41 bits per heavy atom. The van der Waals surface area contributed by atoms with Crippen molar-refractivity contribution in [2.45, 2.75) is 52.4 Å². The van der Waals surface area contributed by atoms with Crippen LogP contribution in [-0.4, -0.2) is 62.8 Å². The van der Waals surface area contributed by atoms with Gasteiger partial charge in [0, 0.05) is 25.7 Å². The molecule has 1 aliphatic heterocycles. The summed E-state index contributed by atoms with van der Waals surface area (Å²) in [6.07, 6.45) is -1.22. The van der Waals surface area contributed by atoms with E-state index in [2.05, 4.69) is 5.32 Å². The largest absolute Gasteiger partial charge is 0.443 e. The molecule has 1 rings (SSSR count). The van der Waals surface area contributed by atoms with Gasteiger partial charge in [0.2, 0.25) is 0 Å². The van der Waals surface area contributed by atoms with Crippen LogP contribution >= 0.6 is 0 Å². The highest BCUT2D eigenvalue weighted by atomic mass is 32.2. The number of hydrogen-bond acceptors (Lipinski definition) is 6. The Kier molecular flexibility index (Phi) is 6.60. The standard InChI is InChI=1S/C13H27N3O5S/c1-10(2)14-8-11-9-16(6-7-20-11)22(18,19)15-12(17)21-13(3,4)5/h10-11,14H,6-9H2,1-5H3,(H,15,17). The number of rotatable bonds is 5. The van der Waals surface area contributed by atoms with Gasteiger partial charge >= 0.3 is 16.3 Å². The zero-order chi connectivity index (χ0) is 17.0. The third-order valence-electron chi connectivity index (χ3n) is 2.81. The normalized spacial score (nSPS) is 20.9. The van der Waals surface area contributed by atoms with Gasteiger partial charge in [0.1, 0.15) is 5.60 Å². The van der Waals surface area contributed by atoms with Crippen molar-refractivity contribution in [2.24, 2.45) is 0 Å². The van der Waals surface area contributed by atoms with Crippen molar-refractivity contribution in [3.8, 4) is 0 Å². The van der Waals surface area contributed by atoms with Gasteiger partial charge in [0.15, 0.2) is 0 Å². The molecule has 0 spiro atoms. The average molecular weight is 337 g/mol. The summed E-state index contributed by atoms with van der Waals surface area (Å²) in [7, 11) is -3.93. The molecule has 0 aliphatic carbocycles. The number of morpholine rings is 1. The lowest BCUT2D eigenvalue weighted by molar-refractivity contribution is -0.00167. The third kappa shape index (κ3) is 6.91. The van der Waals surface area contributed by atoms with Crippen LogP contribution in [0.4, 0.5) is 4.79 Å². The molecule has 1 aliphatic rings. The predicted molar refractivity (Wildman–Crippen MR) is 82.7 cm³/mol. The average Bonchev–Trinajstić information content (AvgIpc) is 2.33. The molecule has 0 bridgehead atoms. The molecule has 130 valence electrons. The minimum atomic E-state index is -3.93. The number of carbonyl (C=O) groups excluding carboxylic acids is 1. The van der Waals surface area contributed by atoms with Gasteiger partial charge in [0.25, 0.3) is 0 Å². The van der Waals surface area contributed by atoms with Crippen molar-refractivity contribution in [2.75, 3.05) is 26.2 Å². The van der Waals surface area contributed by atoms with Crippen molar-refractivity contribution in [1.29, 1.82) is 0 Å². The van der Waals surface area contributed by atoms with E-state index < -0.39 is 21.9 Å². The minimum Gasteiger partial charge on any atom is -0.443 e. The van der Waals surface area contributed by atoms with Crippen LogP contribution in [0.2, 0.25) is 0 Å². The SMILES string of the molecule is CC(C)NCC1CN(S(=O)(=O)NC(=O)OC(C)(C)C)CCO1. The fourth-order valence-electron chi connectivity index (χ4n) is 1.87. The van der Waals surface area contributed by atoms with Crippen LogP contribution in [0.15, 0.2) is 0 Å². The van der Waals surface area contributed by atoms with E-state index in [-0.39, 0.29) is 25.2 Å². The second kappa shape index (κ2) is 7.58. The van der Waals surface area contributed by atoms with Gasteiger partial charge in [-0.25, -0.2) is 9.52 Å². The summed E-state index contributed by atoms with van der Waals surface area (Å²) in [6.45, 7) is 10.2. The third-order valence-corrected chi connectivity index (χ3v) is 4.24. The van der Waals surface area contributed by atoms with Crippen molar-refractivity contribution in [3.05, 3.63) is 0 Å². The molecule has 2 N–H and O–H groups in total. The molecule has 1 unspecified atom stereocenters. The van der Waals surface area contributed by atoms with Gasteiger partial charge in [-0.05, 0) is 20.8 Å². The molecule has 8 nitrogen and oxygen atoms in total. The number of ether oxygens (including phenoxy) is 2. The first-order valence-electron chi connectivity index (χ1n) is 7.35. The van der Waals surface area contributed by atoms with Crippen LogP contribution in [0.25, 0.3) is 0 Å². The molecule has 1 amide bonds. The number of amides is 1. The maximum absolute atomic E-state index is 12.2. The van der Waals surface area contributed by atoms with Gasteiger partial charge in [-0.3, -0.25) is 0 Å². The second-order valence-electron chi connectivity index (χ2n) is 6.52. The molecule has 1 heterocycles. The highest BCUT2D eigenvalue weighted by molar-refractivity contribution is 7.87. The van der Waals surface area contributed by atoms with Crippen molar-refractivity contribution in [1.82, 2.24) is 14.3 Å². The second-order valence-corrected chi connectivity index (χ2v) is 8.19. The summed E-state index contributed by atoms with van der Waals surface area (Å²) in [5.41, 5.74) is -0.756. The predicted octanol–water partition coefficient (Wildman–Crippen LogP) is 0.455. The van der Waals surface area contributed by atoms with Gasteiger partial charge in [-0.1, -0.05) is 13.8 Å². The van der Waals surface area contributed by atoms with Crippen LogP contribution in [0.5, 0.6) is 0 Å². The number of nitrogens with one attached hydrogen (secondary N) is 2. The molecule has 0 aromatic heterocycles. The zero-order valence-corrected chi connectivity index (χ0v) is 14.7. The highest BCUT2D eigenvalue weighted by Crippen LogP contribution is 2.11. The smallest absolute Gasteiger partial charge is 0.422 e. The molecular weight excluding hydrogens is 310 g/mol. The molecule has 1 atom stereocenters. The van der Waals surface area contributed by atoms with Gasteiger partial charge in [0.05, 0.1) is 12.7 Å². The van der Waals surface area contributed by atoms with E-state index in [1.54, 1.807) is 20.8 Å². The summed E-state index contributed by atoms with van der Waals surface area (Å²) >= 11 is 0. The van der Waals surface area contributed by atoms with Crippen molar-refractivity contribution < 1.29 is 22.7 Å². The van der Waals surface area contributed by atoms with Gasteiger partial charge in [-0.15, -0.1) is 0 Å². The summed E-state index contributed by atoms with van der Waals surface area (Å²) < 4.78 is 38.0. The lowest BCUT2D eigenvalue weighted by Crippen LogP contribution is -2.53. The first-order valence-corrected chi connectivity index (χ1v) is 8.79. The monoisotopic (exact) mass is 337 g/mol. The van der Waals surface area contributed by atoms with E-state index in [4.69, 9.17) is 9.47 Å². The van der Waals surface area contributed by atoms with E-state index in [9.17, 15) is 13.2 Å². The summed E-state index contributed by atoms with van der Waals surface area (Å²) in [5, 5.41) is 3.20. The van der Waals surface area contributed by atoms with Crippen LogP contribution in [0.1, 0.15) is 34.6 Å². The molecule has 1 saturated heterocycles. The molecule has 1 fully saturated rings. The molecule has 9 heteroatoms. The maximum atomic E-state index is 12.2. The topological polar surface area (TPSA) is 97.0 Å². The van der Waals surface area contributed by atoms with Crippen molar-refractivity contribution >= 4 is 16.3 Å². The van der Waals surface area contributed by atoms with Crippen LogP contribution in [0.3, 0.4) is 0 Å². The van der Waals surface area contributed by atoms with Gasteiger partial charge in [-0.2, -0.15) is 12.7 Å². The van der Waals surface area contributed by atoms with E-state index in [1.807, 2.05) is 18.6 Å². The number of hydrogen-bond donors (Lipinski definition) is 2. The van der Waals surface area contributed by atoms with Crippen molar-refractivity contribution in [3.63, 3.8) is 0 Å². The fourth-order valence-corrected chi connectivity index (χ4v) is 2.93. The first kappa shape index (κ1) is 19.1. The summed E-state index contributed by atoms with van der Waals surface area (Å²) in [6, 6.07) is 0.287. The molecule has 0 saturated carbocycles.